The van der Waals surface area contributed by atoms with E-state index in [9.17, 15) is 9.59 Å². The number of hydrogen-bond donors (Lipinski definition) is 1. The Balaban J connectivity index is 1.40. The molecule has 6 nitrogen and oxygen atoms in total. The minimum Gasteiger partial charge on any atom is -0.497 e. The zero-order valence-electron chi connectivity index (χ0n) is 16.9. The van der Waals surface area contributed by atoms with E-state index in [1.807, 2.05) is 66.9 Å². The fourth-order valence-corrected chi connectivity index (χ4v) is 4.35. The van der Waals surface area contributed by atoms with Crippen LogP contribution in [0.2, 0.25) is 0 Å². The van der Waals surface area contributed by atoms with Crippen LogP contribution in [-0.4, -0.2) is 35.4 Å². The quantitative estimate of drug-likeness (QED) is 0.642. The highest BCUT2D eigenvalue weighted by Gasteiger charge is 2.37. The average molecular weight is 422 g/mol. The summed E-state index contributed by atoms with van der Waals surface area (Å²) in [5.41, 5.74) is 2.81. The van der Waals surface area contributed by atoms with Crippen LogP contribution in [0.15, 0.2) is 60.0 Å². The number of hydrogen-bond acceptors (Lipinski definition) is 5. The van der Waals surface area contributed by atoms with Crippen LogP contribution in [-0.2, 0) is 9.59 Å². The summed E-state index contributed by atoms with van der Waals surface area (Å²) in [7, 11) is 1.63. The number of carbonyl (C=O) groups is 2. The van der Waals surface area contributed by atoms with Gasteiger partial charge in [-0.15, -0.1) is 11.3 Å². The van der Waals surface area contributed by atoms with Crippen molar-refractivity contribution < 1.29 is 14.3 Å². The highest BCUT2D eigenvalue weighted by Crippen LogP contribution is 2.30. The van der Waals surface area contributed by atoms with Gasteiger partial charge in [-0.2, -0.15) is 0 Å². The predicted molar refractivity (Wildman–Crippen MR) is 117 cm³/mol. The number of nitrogens with zero attached hydrogens (tertiary/aromatic N) is 2. The minimum atomic E-state index is -0.378. The van der Waals surface area contributed by atoms with Gasteiger partial charge in [-0.25, -0.2) is 4.98 Å². The van der Waals surface area contributed by atoms with Gasteiger partial charge in [-0.3, -0.25) is 9.59 Å². The number of benzene rings is 2. The van der Waals surface area contributed by atoms with Gasteiger partial charge >= 0.3 is 0 Å². The molecule has 0 radical (unpaired) electrons. The average Bonchev–Trinajstić information content (AvgIpc) is 3.40. The van der Waals surface area contributed by atoms with Crippen molar-refractivity contribution in [1.82, 2.24) is 9.88 Å². The van der Waals surface area contributed by atoms with Crippen molar-refractivity contribution >= 4 is 28.3 Å². The summed E-state index contributed by atoms with van der Waals surface area (Å²) in [6.07, 6.45) is 0.222. The van der Waals surface area contributed by atoms with Crippen molar-refractivity contribution in [3.63, 3.8) is 0 Å². The van der Waals surface area contributed by atoms with E-state index in [0.717, 1.165) is 22.6 Å². The Bertz CT molecular complexity index is 1030. The summed E-state index contributed by atoms with van der Waals surface area (Å²) in [4.78, 5) is 31.6. The SMILES string of the molecule is COc1ccc(-c2csc(NC(=O)[C@@H]3CC(=O)N([C@@H](C)c4ccccc4)C3)n2)cc1. The Morgan fingerprint density at radius 2 is 1.93 bits per heavy atom. The normalized spacial score (nSPS) is 17.1. The van der Waals surface area contributed by atoms with E-state index >= 15 is 0 Å². The molecule has 0 aliphatic carbocycles. The van der Waals surface area contributed by atoms with Gasteiger partial charge in [0.1, 0.15) is 5.75 Å². The summed E-state index contributed by atoms with van der Waals surface area (Å²) < 4.78 is 5.18. The molecule has 0 saturated carbocycles. The Hall–Kier alpha value is -3.19. The molecule has 2 atom stereocenters. The molecule has 7 heteroatoms. The monoisotopic (exact) mass is 421 g/mol. The lowest BCUT2D eigenvalue weighted by Gasteiger charge is -2.25. The number of rotatable bonds is 6. The van der Waals surface area contributed by atoms with E-state index in [1.54, 1.807) is 12.0 Å². The first-order valence-electron chi connectivity index (χ1n) is 9.80. The molecule has 1 aliphatic rings. The fourth-order valence-electron chi connectivity index (χ4n) is 3.63. The highest BCUT2D eigenvalue weighted by molar-refractivity contribution is 7.14. The molecule has 2 aromatic carbocycles. The predicted octanol–water partition coefficient (Wildman–Crippen LogP) is 4.37. The van der Waals surface area contributed by atoms with E-state index in [0.29, 0.717) is 11.7 Å². The number of aromatic nitrogens is 1. The zero-order chi connectivity index (χ0) is 21.1. The summed E-state index contributed by atoms with van der Waals surface area (Å²) >= 11 is 1.37. The topological polar surface area (TPSA) is 71.5 Å². The van der Waals surface area contributed by atoms with E-state index in [2.05, 4.69) is 10.3 Å². The van der Waals surface area contributed by atoms with Crippen LogP contribution in [0.1, 0.15) is 24.9 Å². The van der Waals surface area contributed by atoms with Crippen LogP contribution in [0.25, 0.3) is 11.3 Å². The summed E-state index contributed by atoms with van der Waals surface area (Å²) in [5.74, 6) is 0.242. The molecule has 2 amide bonds. The molecule has 1 fully saturated rings. The molecule has 0 bridgehead atoms. The first-order valence-corrected chi connectivity index (χ1v) is 10.7. The van der Waals surface area contributed by atoms with E-state index in [4.69, 9.17) is 4.74 Å². The Morgan fingerprint density at radius 1 is 1.20 bits per heavy atom. The van der Waals surface area contributed by atoms with Gasteiger partial charge in [-0.05, 0) is 36.8 Å². The van der Waals surface area contributed by atoms with Gasteiger partial charge in [0.05, 0.1) is 24.8 Å². The number of carbonyl (C=O) groups excluding carboxylic acids is 2. The lowest BCUT2D eigenvalue weighted by Crippen LogP contribution is -2.30. The third-order valence-corrected chi connectivity index (χ3v) is 6.16. The standard InChI is InChI=1S/C23H23N3O3S/c1-15(16-6-4-3-5-7-16)26-13-18(12-21(26)27)22(28)25-23-24-20(14-30-23)17-8-10-19(29-2)11-9-17/h3-11,14-15,18H,12-13H2,1-2H3,(H,24,25,28)/t15-,18+/m0/s1. The molecule has 2 heterocycles. The molecule has 4 rings (SSSR count). The van der Waals surface area contributed by atoms with E-state index in [1.165, 1.54) is 11.3 Å². The third-order valence-electron chi connectivity index (χ3n) is 5.40. The van der Waals surface area contributed by atoms with Gasteiger partial charge in [0.25, 0.3) is 0 Å². The smallest absolute Gasteiger partial charge is 0.231 e. The van der Waals surface area contributed by atoms with Crippen LogP contribution in [0, 0.1) is 5.92 Å². The van der Waals surface area contributed by atoms with Crippen LogP contribution >= 0.6 is 11.3 Å². The molecule has 1 N–H and O–H groups in total. The van der Waals surface area contributed by atoms with Gasteiger partial charge in [-0.1, -0.05) is 30.3 Å². The largest absolute Gasteiger partial charge is 0.497 e. The van der Waals surface area contributed by atoms with Gasteiger partial charge in [0.2, 0.25) is 11.8 Å². The second kappa shape index (κ2) is 8.67. The van der Waals surface area contributed by atoms with Crippen molar-refractivity contribution in [2.45, 2.75) is 19.4 Å². The van der Waals surface area contributed by atoms with Crippen molar-refractivity contribution in [2.24, 2.45) is 5.92 Å². The number of anilines is 1. The van der Waals surface area contributed by atoms with E-state index < -0.39 is 0 Å². The van der Waals surface area contributed by atoms with Crippen molar-refractivity contribution in [3.8, 4) is 17.0 Å². The van der Waals surface area contributed by atoms with Gasteiger partial charge in [0.15, 0.2) is 5.13 Å². The Morgan fingerprint density at radius 3 is 2.63 bits per heavy atom. The molecule has 1 aliphatic heterocycles. The molecular weight excluding hydrogens is 398 g/mol. The Labute approximate surface area is 179 Å². The third kappa shape index (κ3) is 4.21. The molecule has 3 aromatic rings. The number of methoxy groups -OCH3 is 1. The number of thiazole rings is 1. The van der Waals surface area contributed by atoms with Crippen LogP contribution < -0.4 is 10.1 Å². The second-order valence-electron chi connectivity index (χ2n) is 7.29. The van der Waals surface area contributed by atoms with E-state index in [-0.39, 0.29) is 30.2 Å². The zero-order valence-corrected chi connectivity index (χ0v) is 17.7. The number of ether oxygens (including phenoxy) is 1. The second-order valence-corrected chi connectivity index (χ2v) is 8.15. The van der Waals surface area contributed by atoms with Crippen molar-refractivity contribution in [1.29, 1.82) is 0 Å². The summed E-state index contributed by atoms with van der Waals surface area (Å²) in [5, 5.41) is 5.32. The first kappa shape index (κ1) is 20.1. The highest BCUT2D eigenvalue weighted by atomic mass is 32.1. The maximum atomic E-state index is 12.8. The van der Waals surface area contributed by atoms with Gasteiger partial charge in [0, 0.05) is 23.9 Å². The lowest BCUT2D eigenvalue weighted by atomic mass is 10.1. The molecule has 154 valence electrons. The number of nitrogens with one attached hydrogen (secondary N) is 1. The molecule has 0 unspecified atom stereocenters. The van der Waals surface area contributed by atoms with Crippen LogP contribution in [0.4, 0.5) is 5.13 Å². The maximum Gasteiger partial charge on any atom is 0.231 e. The number of likely N-dealkylation sites (tertiary alicyclic amines) is 1. The molecule has 1 aromatic heterocycles. The lowest BCUT2D eigenvalue weighted by molar-refractivity contribution is -0.129. The van der Waals surface area contributed by atoms with Crippen molar-refractivity contribution in [2.75, 3.05) is 19.0 Å². The van der Waals surface area contributed by atoms with Gasteiger partial charge < -0.3 is 15.0 Å². The fraction of sp³-hybridized carbons (Fsp3) is 0.261. The van der Waals surface area contributed by atoms with Crippen LogP contribution in [0.3, 0.4) is 0 Å². The van der Waals surface area contributed by atoms with Crippen molar-refractivity contribution in [3.05, 3.63) is 65.5 Å². The molecule has 1 saturated heterocycles. The number of amides is 2. The molecular formula is C23H23N3O3S. The first-order chi connectivity index (χ1) is 14.5. The summed E-state index contributed by atoms with van der Waals surface area (Å²) in [6, 6.07) is 17.4. The summed E-state index contributed by atoms with van der Waals surface area (Å²) in [6.45, 7) is 2.41. The molecule has 0 spiro atoms. The van der Waals surface area contributed by atoms with Crippen LogP contribution in [0.5, 0.6) is 5.75 Å². The minimum absolute atomic E-state index is 0.00423. The maximum absolute atomic E-state index is 12.8. The Kier molecular flexibility index (Phi) is 5.81. The molecule has 30 heavy (non-hydrogen) atoms.